The highest BCUT2D eigenvalue weighted by Gasteiger charge is 2.20. The van der Waals surface area contributed by atoms with Gasteiger partial charge in [-0.25, -0.2) is 0 Å². The average molecular weight is 364 g/mol. The molecule has 0 bridgehead atoms. The lowest BCUT2D eigenvalue weighted by Gasteiger charge is -2.26. The predicted octanol–water partition coefficient (Wildman–Crippen LogP) is 4.83. The summed E-state index contributed by atoms with van der Waals surface area (Å²) >= 11 is 12.0. The van der Waals surface area contributed by atoms with E-state index in [-0.39, 0.29) is 11.8 Å². The largest absolute Gasteiger partial charge is 0.338 e. The first kappa shape index (κ1) is 18.5. The second kappa shape index (κ2) is 8.86. The molecule has 1 amide bonds. The van der Waals surface area contributed by atoms with Gasteiger partial charge in [-0.05, 0) is 36.8 Å². The zero-order chi connectivity index (χ0) is 17.5. The molecule has 126 valence electrons. The van der Waals surface area contributed by atoms with Gasteiger partial charge in [0.15, 0.2) is 0 Å². The second-order valence-electron chi connectivity index (χ2n) is 5.48. The van der Waals surface area contributed by atoms with Crippen molar-refractivity contribution >= 4 is 35.4 Å². The Balaban J connectivity index is 2.22. The van der Waals surface area contributed by atoms with Crippen LogP contribution in [0.3, 0.4) is 0 Å². The van der Waals surface area contributed by atoms with E-state index in [0.717, 1.165) is 11.8 Å². The van der Waals surface area contributed by atoms with Crippen LogP contribution in [0.25, 0.3) is 0 Å². The van der Waals surface area contributed by atoms with E-state index in [1.807, 2.05) is 31.2 Å². The monoisotopic (exact) mass is 363 g/mol. The van der Waals surface area contributed by atoms with Crippen LogP contribution in [0.4, 0.5) is 0 Å². The van der Waals surface area contributed by atoms with E-state index in [2.05, 4.69) is 0 Å². The maximum atomic E-state index is 12.7. The number of benzene rings is 2. The minimum Gasteiger partial charge on any atom is -0.338 e. The molecule has 1 atom stereocenters. The van der Waals surface area contributed by atoms with Crippen molar-refractivity contribution in [1.29, 1.82) is 0 Å². The Morgan fingerprint density at radius 3 is 2.42 bits per heavy atom. The quantitative estimate of drug-likeness (QED) is 0.660. The molecule has 0 heterocycles. The molecule has 2 rings (SSSR count). The Bertz CT molecular complexity index is 704. The highest BCUT2D eigenvalue weighted by molar-refractivity contribution is 6.42. The lowest BCUT2D eigenvalue weighted by Crippen LogP contribution is -2.34. The Kier molecular flexibility index (Phi) is 6.83. The van der Waals surface area contributed by atoms with Gasteiger partial charge in [-0.3, -0.25) is 4.79 Å². The number of hydrogen-bond acceptors (Lipinski definition) is 2. The first-order chi connectivity index (χ1) is 11.6. The molecule has 2 aromatic carbocycles. The number of halogens is 2. The van der Waals surface area contributed by atoms with Crippen molar-refractivity contribution in [3.63, 3.8) is 0 Å². The van der Waals surface area contributed by atoms with Crippen molar-refractivity contribution < 1.29 is 9.59 Å². The first-order valence-corrected chi connectivity index (χ1v) is 8.55. The van der Waals surface area contributed by atoms with E-state index in [4.69, 9.17) is 23.2 Å². The third kappa shape index (κ3) is 4.59. The van der Waals surface area contributed by atoms with Gasteiger partial charge in [0, 0.05) is 31.0 Å². The van der Waals surface area contributed by atoms with Crippen LogP contribution < -0.4 is 0 Å². The fraction of sp³-hybridized carbons (Fsp3) is 0.263. The number of carbonyl (C=O) groups is 2. The summed E-state index contributed by atoms with van der Waals surface area (Å²) in [5.74, 6) is -0.168. The van der Waals surface area contributed by atoms with Crippen LogP contribution in [0.2, 0.25) is 10.0 Å². The van der Waals surface area contributed by atoms with Crippen molar-refractivity contribution in [3.8, 4) is 0 Å². The highest BCUT2D eigenvalue weighted by atomic mass is 35.5. The van der Waals surface area contributed by atoms with E-state index in [9.17, 15) is 9.59 Å². The molecule has 0 aliphatic carbocycles. The predicted molar refractivity (Wildman–Crippen MR) is 97.9 cm³/mol. The number of hydrogen-bond donors (Lipinski definition) is 0. The van der Waals surface area contributed by atoms with Gasteiger partial charge >= 0.3 is 0 Å². The number of likely N-dealkylation sites (N-methyl/N-ethyl adjacent to an activating group) is 1. The molecule has 24 heavy (non-hydrogen) atoms. The van der Waals surface area contributed by atoms with Gasteiger partial charge < -0.3 is 9.69 Å². The van der Waals surface area contributed by atoms with Gasteiger partial charge in [-0.2, -0.15) is 0 Å². The summed E-state index contributed by atoms with van der Waals surface area (Å²) in [6.07, 6.45) is 1.19. The van der Waals surface area contributed by atoms with Crippen molar-refractivity contribution in [2.45, 2.75) is 19.3 Å². The fourth-order valence-corrected chi connectivity index (χ4v) is 2.89. The zero-order valence-electron chi connectivity index (χ0n) is 13.4. The van der Waals surface area contributed by atoms with E-state index in [1.165, 1.54) is 0 Å². The van der Waals surface area contributed by atoms with Gasteiger partial charge in [0.2, 0.25) is 0 Å². The number of rotatable bonds is 7. The van der Waals surface area contributed by atoms with Crippen LogP contribution in [0.5, 0.6) is 0 Å². The maximum Gasteiger partial charge on any atom is 0.253 e. The molecule has 0 aliphatic heterocycles. The lowest BCUT2D eigenvalue weighted by atomic mass is 9.95. The van der Waals surface area contributed by atoms with Crippen LogP contribution in [0, 0.1) is 0 Å². The molecule has 5 heteroatoms. The van der Waals surface area contributed by atoms with E-state index in [1.54, 1.807) is 29.2 Å². The third-order valence-electron chi connectivity index (χ3n) is 3.93. The van der Waals surface area contributed by atoms with Gasteiger partial charge in [0.1, 0.15) is 6.29 Å². The molecule has 1 unspecified atom stereocenters. The van der Waals surface area contributed by atoms with E-state index < -0.39 is 0 Å². The summed E-state index contributed by atoms with van der Waals surface area (Å²) in [5, 5.41) is 0.917. The third-order valence-corrected chi connectivity index (χ3v) is 4.67. The van der Waals surface area contributed by atoms with Crippen LogP contribution >= 0.6 is 23.2 Å². The minimum absolute atomic E-state index is 0.0472. The molecule has 3 nitrogen and oxygen atoms in total. The number of amides is 1. The maximum absolute atomic E-state index is 12.7. The average Bonchev–Trinajstić information content (AvgIpc) is 2.61. The molecule has 2 aromatic rings. The Labute approximate surface area is 152 Å². The molecule has 0 spiro atoms. The number of carbonyl (C=O) groups excluding carboxylic acids is 2. The van der Waals surface area contributed by atoms with Crippen molar-refractivity contribution in [2.24, 2.45) is 0 Å². The van der Waals surface area contributed by atoms with Gasteiger partial charge in [-0.15, -0.1) is 0 Å². The van der Waals surface area contributed by atoms with E-state index in [0.29, 0.717) is 35.1 Å². The zero-order valence-corrected chi connectivity index (χ0v) is 14.9. The van der Waals surface area contributed by atoms with Crippen molar-refractivity contribution in [2.75, 3.05) is 13.1 Å². The molecule has 0 aliphatic rings. The number of aldehydes is 1. The Hall–Kier alpha value is -1.84. The lowest BCUT2D eigenvalue weighted by molar-refractivity contribution is -0.108. The highest BCUT2D eigenvalue weighted by Crippen LogP contribution is 2.28. The SMILES string of the molecule is CCN(CC(CC=O)c1ccc(Cl)c(Cl)c1)C(=O)c1ccccc1. The summed E-state index contributed by atoms with van der Waals surface area (Å²) in [6.45, 7) is 2.93. The van der Waals surface area contributed by atoms with Gasteiger partial charge in [0.25, 0.3) is 5.91 Å². The number of nitrogens with zero attached hydrogens (tertiary/aromatic N) is 1. The molecule has 0 saturated heterocycles. The normalized spacial score (nSPS) is 11.8. The van der Waals surface area contributed by atoms with Crippen LogP contribution in [-0.4, -0.2) is 30.2 Å². The fourth-order valence-electron chi connectivity index (χ4n) is 2.58. The summed E-state index contributed by atoms with van der Waals surface area (Å²) < 4.78 is 0. The topological polar surface area (TPSA) is 37.4 Å². The van der Waals surface area contributed by atoms with E-state index >= 15 is 0 Å². The molecule has 0 saturated carbocycles. The standard InChI is InChI=1S/C19H19Cl2NO2/c1-2-22(19(24)14-6-4-3-5-7-14)13-16(10-11-23)15-8-9-17(20)18(21)12-15/h3-9,11-12,16H,2,10,13H2,1H3. The van der Waals surface area contributed by atoms with Crippen LogP contribution in [0.15, 0.2) is 48.5 Å². The molecule has 0 fully saturated rings. The first-order valence-electron chi connectivity index (χ1n) is 7.79. The molecular formula is C19H19Cl2NO2. The summed E-state index contributed by atoms with van der Waals surface area (Å²) in [4.78, 5) is 25.5. The van der Waals surface area contributed by atoms with Crippen LogP contribution in [0.1, 0.15) is 35.2 Å². The molecule has 0 aromatic heterocycles. The summed E-state index contributed by atoms with van der Waals surface area (Å²) in [6, 6.07) is 14.5. The van der Waals surface area contributed by atoms with Gasteiger partial charge in [-0.1, -0.05) is 47.5 Å². The van der Waals surface area contributed by atoms with Crippen molar-refractivity contribution in [1.82, 2.24) is 4.90 Å². The van der Waals surface area contributed by atoms with Gasteiger partial charge in [0.05, 0.1) is 10.0 Å². The van der Waals surface area contributed by atoms with Crippen molar-refractivity contribution in [3.05, 3.63) is 69.7 Å². The van der Waals surface area contributed by atoms with Crippen LogP contribution in [-0.2, 0) is 4.79 Å². The molecule has 0 N–H and O–H groups in total. The minimum atomic E-state index is -0.120. The second-order valence-corrected chi connectivity index (χ2v) is 6.30. The molecular weight excluding hydrogens is 345 g/mol. The Morgan fingerprint density at radius 1 is 1.12 bits per heavy atom. The Morgan fingerprint density at radius 2 is 1.83 bits per heavy atom. The smallest absolute Gasteiger partial charge is 0.253 e. The summed E-state index contributed by atoms with van der Waals surface area (Å²) in [7, 11) is 0. The summed E-state index contributed by atoms with van der Waals surface area (Å²) in [5.41, 5.74) is 1.54. The molecule has 0 radical (unpaired) electrons.